The maximum atomic E-state index is 13.3. The smallest absolute Gasteiger partial charge is 0.409 e. The number of nitrogens with one attached hydrogen (secondary N) is 3. The third-order valence-electron chi connectivity index (χ3n) is 5.30. The SMILES string of the molecule is CC(C)Nc1ncc(-c2cc(O)cc(NC(=O)O)c2)n(CC(=O)NCc2ccc(CC=NN)c(O)c2)c1=O. The summed E-state index contributed by atoms with van der Waals surface area (Å²) in [5, 5.41) is 40.5. The highest BCUT2D eigenvalue weighted by atomic mass is 16.4. The molecule has 3 rings (SSSR count). The summed E-state index contributed by atoms with van der Waals surface area (Å²) in [6.45, 7) is 3.35. The highest BCUT2D eigenvalue weighted by Gasteiger charge is 2.17. The van der Waals surface area contributed by atoms with Crippen LogP contribution >= 0.6 is 0 Å². The molecule has 0 saturated heterocycles. The molecule has 1 heterocycles. The molecular formula is C25H29N7O6. The van der Waals surface area contributed by atoms with E-state index >= 15 is 0 Å². The predicted octanol–water partition coefficient (Wildman–Crippen LogP) is 2.04. The summed E-state index contributed by atoms with van der Waals surface area (Å²) in [7, 11) is 0. The zero-order valence-electron chi connectivity index (χ0n) is 20.8. The van der Waals surface area contributed by atoms with Crippen molar-refractivity contribution >= 4 is 29.7 Å². The Hall–Kier alpha value is -5.07. The first-order chi connectivity index (χ1) is 18.1. The molecule has 0 saturated carbocycles. The number of rotatable bonds is 10. The van der Waals surface area contributed by atoms with E-state index in [9.17, 15) is 24.6 Å². The fourth-order valence-electron chi connectivity index (χ4n) is 3.65. The third-order valence-corrected chi connectivity index (χ3v) is 5.30. The van der Waals surface area contributed by atoms with Crippen LogP contribution in [0.5, 0.6) is 11.5 Å². The zero-order chi connectivity index (χ0) is 27.8. The molecule has 0 bridgehead atoms. The van der Waals surface area contributed by atoms with Crippen molar-refractivity contribution in [3.05, 3.63) is 64.1 Å². The van der Waals surface area contributed by atoms with Gasteiger partial charge in [0, 0.05) is 42.5 Å². The number of carbonyl (C=O) groups excluding carboxylic acids is 1. The number of nitrogens with two attached hydrogens (primary N) is 1. The highest BCUT2D eigenvalue weighted by Crippen LogP contribution is 2.28. The minimum atomic E-state index is -1.33. The molecule has 0 fully saturated rings. The average molecular weight is 524 g/mol. The summed E-state index contributed by atoms with van der Waals surface area (Å²) in [6, 6.07) is 8.77. The van der Waals surface area contributed by atoms with E-state index in [1.54, 1.807) is 12.1 Å². The lowest BCUT2D eigenvalue weighted by atomic mass is 10.1. The first-order valence-electron chi connectivity index (χ1n) is 11.6. The van der Waals surface area contributed by atoms with Crippen molar-refractivity contribution in [3.8, 4) is 22.8 Å². The first-order valence-corrected chi connectivity index (χ1v) is 11.6. The molecule has 0 aliphatic carbocycles. The van der Waals surface area contributed by atoms with Crippen LogP contribution in [0.4, 0.5) is 16.3 Å². The average Bonchev–Trinajstić information content (AvgIpc) is 2.83. The Labute approximate surface area is 217 Å². The van der Waals surface area contributed by atoms with E-state index in [2.05, 4.69) is 26.0 Å². The van der Waals surface area contributed by atoms with Crippen molar-refractivity contribution in [2.24, 2.45) is 10.9 Å². The molecule has 0 spiro atoms. The number of hydrazone groups is 1. The Morgan fingerprint density at radius 2 is 1.95 bits per heavy atom. The van der Waals surface area contributed by atoms with Crippen LogP contribution in [0.15, 0.2) is 52.5 Å². The van der Waals surface area contributed by atoms with Crippen LogP contribution in [-0.2, 0) is 24.3 Å². The number of phenols is 2. The molecule has 2 amide bonds. The topological polar surface area (TPSA) is 204 Å². The monoisotopic (exact) mass is 523 g/mol. The van der Waals surface area contributed by atoms with Crippen molar-refractivity contribution in [2.45, 2.75) is 39.4 Å². The fourth-order valence-corrected chi connectivity index (χ4v) is 3.65. The van der Waals surface area contributed by atoms with Crippen molar-refractivity contribution in [1.29, 1.82) is 0 Å². The van der Waals surface area contributed by atoms with Crippen LogP contribution in [0.25, 0.3) is 11.3 Å². The van der Waals surface area contributed by atoms with Crippen LogP contribution in [0.2, 0.25) is 0 Å². The second-order valence-electron chi connectivity index (χ2n) is 8.66. The lowest BCUT2D eigenvalue weighted by Gasteiger charge is -2.17. The molecule has 0 atom stereocenters. The zero-order valence-corrected chi connectivity index (χ0v) is 20.8. The quantitative estimate of drug-likeness (QED) is 0.118. The van der Waals surface area contributed by atoms with E-state index < -0.39 is 24.1 Å². The lowest BCUT2D eigenvalue weighted by molar-refractivity contribution is -0.121. The van der Waals surface area contributed by atoms with Gasteiger partial charge in [0.25, 0.3) is 5.56 Å². The van der Waals surface area contributed by atoms with Gasteiger partial charge in [0.1, 0.15) is 18.0 Å². The normalized spacial score (nSPS) is 11.0. The van der Waals surface area contributed by atoms with E-state index in [1.165, 1.54) is 41.2 Å². The second kappa shape index (κ2) is 12.3. The number of aromatic nitrogens is 2. The number of hydrogen-bond donors (Lipinski definition) is 7. The van der Waals surface area contributed by atoms with Crippen LogP contribution in [0, 0.1) is 0 Å². The van der Waals surface area contributed by atoms with Crippen LogP contribution in [0.3, 0.4) is 0 Å². The number of anilines is 2. The van der Waals surface area contributed by atoms with E-state index in [0.29, 0.717) is 17.5 Å². The van der Waals surface area contributed by atoms with E-state index in [0.717, 1.165) is 0 Å². The fraction of sp³-hybridized carbons (Fsp3) is 0.240. The minimum absolute atomic E-state index is 0.0297. The molecule has 0 aliphatic rings. The lowest BCUT2D eigenvalue weighted by Crippen LogP contribution is -2.35. The van der Waals surface area contributed by atoms with Gasteiger partial charge in [0.15, 0.2) is 5.82 Å². The van der Waals surface area contributed by atoms with Crippen LogP contribution < -0.4 is 27.4 Å². The molecule has 0 unspecified atom stereocenters. The number of phenolic OH excluding ortho intramolecular Hbond substituents is 2. The van der Waals surface area contributed by atoms with Gasteiger partial charge >= 0.3 is 6.09 Å². The summed E-state index contributed by atoms with van der Waals surface area (Å²) in [5.74, 6) is 4.40. The van der Waals surface area contributed by atoms with Gasteiger partial charge in [-0.1, -0.05) is 12.1 Å². The minimum Gasteiger partial charge on any atom is -0.508 e. The van der Waals surface area contributed by atoms with E-state index in [1.807, 2.05) is 13.8 Å². The van der Waals surface area contributed by atoms with Gasteiger partial charge in [-0.2, -0.15) is 5.10 Å². The Morgan fingerprint density at radius 3 is 2.61 bits per heavy atom. The Kier molecular flexibility index (Phi) is 8.87. The standard InChI is InChI=1S/C25H29N7O6/c1-14(2)30-23-24(36)32(20(12-28-23)17-8-18(31-25(37)38)10-19(33)9-17)13-22(35)27-11-15-3-4-16(5-6-29-26)21(34)7-15/h3-4,6-10,12,14,31,33-34H,5,11,13,26H2,1-2H3,(H,27,35)(H,28,30)(H,37,38). The molecule has 0 aliphatic heterocycles. The number of hydrogen-bond acceptors (Lipinski definition) is 9. The van der Waals surface area contributed by atoms with E-state index in [4.69, 9.17) is 10.9 Å². The Balaban J connectivity index is 1.89. The maximum absolute atomic E-state index is 13.3. The molecule has 13 heteroatoms. The highest BCUT2D eigenvalue weighted by molar-refractivity contribution is 5.85. The van der Waals surface area contributed by atoms with Gasteiger partial charge in [-0.3, -0.25) is 19.5 Å². The van der Waals surface area contributed by atoms with Gasteiger partial charge in [-0.15, -0.1) is 0 Å². The van der Waals surface area contributed by atoms with Crippen molar-refractivity contribution in [2.75, 3.05) is 10.6 Å². The molecule has 200 valence electrons. The van der Waals surface area contributed by atoms with Crippen LogP contribution in [-0.4, -0.2) is 49.1 Å². The van der Waals surface area contributed by atoms with Crippen molar-refractivity contribution < 1.29 is 24.9 Å². The Bertz CT molecular complexity index is 1420. The molecule has 1 aromatic heterocycles. The van der Waals surface area contributed by atoms with Gasteiger partial charge in [0.2, 0.25) is 5.91 Å². The molecule has 3 aromatic rings. The number of aromatic hydroxyl groups is 2. The molecule has 13 nitrogen and oxygen atoms in total. The summed E-state index contributed by atoms with van der Waals surface area (Å²) in [5.41, 5.74) is 1.20. The van der Waals surface area contributed by atoms with Gasteiger partial charge in [-0.25, -0.2) is 9.78 Å². The van der Waals surface area contributed by atoms with Crippen molar-refractivity contribution in [3.63, 3.8) is 0 Å². The molecule has 38 heavy (non-hydrogen) atoms. The summed E-state index contributed by atoms with van der Waals surface area (Å²) in [4.78, 5) is 41.4. The summed E-state index contributed by atoms with van der Waals surface area (Å²) in [6.07, 6.45) is 1.84. The Morgan fingerprint density at radius 1 is 1.18 bits per heavy atom. The summed E-state index contributed by atoms with van der Waals surface area (Å²) >= 11 is 0. The van der Waals surface area contributed by atoms with Crippen molar-refractivity contribution in [1.82, 2.24) is 14.9 Å². The number of benzene rings is 2. The largest absolute Gasteiger partial charge is 0.508 e. The van der Waals surface area contributed by atoms with Gasteiger partial charge in [-0.05, 0) is 43.2 Å². The molecule has 2 aromatic carbocycles. The van der Waals surface area contributed by atoms with Gasteiger partial charge < -0.3 is 31.8 Å². The maximum Gasteiger partial charge on any atom is 0.409 e. The van der Waals surface area contributed by atoms with Crippen LogP contribution in [0.1, 0.15) is 25.0 Å². The number of nitrogens with zero attached hydrogens (tertiary/aromatic N) is 3. The number of carbonyl (C=O) groups is 2. The third kappa shape index (κ3) is 7.22. The molecule has 0 radical (unpaired) electrons. The number of carboxylic acid groups (broad SMARTS) is 1. The van der Waals surface area contributed by atoms with E-state index in [-0.39, 0.29) is 46.8 Å². The predicted molar refractivity (Wildman–Crippen MR) is 142 cm³/mol. The molecular weight excluding hydrogens is 494 g/mol. The van der Waals surface area contributed by atoms with Gasteiger partial charge in [0.05, 0.1) is 11.9 Å². The summed E-state index contributed by atoms with van der Waals surface area (Å²) < 4.78 is 1.18. The molecule has 8 N–H and O–H groups in total. The first kappa shape index (κ1) is 27.5. The number of amides is 2. The second-order valence-corrected chi connectivity index (χ2v) is 8.66.